The number of aromatic nitrogens is 2. The van der Waals surface area contributed by atoms with Gasteiger partial charge in [-0.1, -0.05) is 0 Å². The highest BCUT2D eigenvalue weighted by Crippen LogP contribution is 2.06. The fourth-order valence-corrected chi connectivity index (χ4v) is 1.88. The van der Waals surface area contributed by atoms with E-state index in [2.05, 4.69) is 20.2 Å². The highest BCUT2D eigenvalue weighted by molar-refractivity contribution is 5.92. The molecule has 6 nitrogen and oxygen atoms in total. The van der Waals surface area contributed by atoms with Crippen LogP contribution >= 0.6 is 0 Å². The molecule has 0 radical (unpaired) electrons. The first kappa shape index (κ1) is 16.4. The third-order valence-corrected chi connectivity index (χ3v) is 2.91. The summed E-state index contributed by atoms with van der Waals surface area (Å²) in [6.07, 6.45) is 4.10. The van der Waals surface area contributed by atoms with Gasteiger partial charge in [-0.15, -0.1) is 0 Å². The zero-order valence-corrected chi connectivity index (χ0v) is 12.9. The molecule has 0 aliphatic rings. The van der Waals surface area contributed by atoms with Gasteiger partial charge in [-0.3, -0.25) is 9.78 Å². The Morgan fingerprint density at radius 1 is 1.25 bits per heavy atom. The molecule has 0 aromatic carbocycles. The molecule has 0 bridgehead atoms. The number of carbonyl (C=O) groups excluding carboxylic acids is 1. The van der Waals surface area contributed by atoms with Gasteiger partial charge in [0.25, 0.3) is 5.91 Å². The van der Waals surface area contributed by atoms with E-state index in [0.717, 1.165) is 26.1 Å². The van der Waals surface area contributed by atoms with Gasteiger partial charge in [0.15, 0.2) is 0 Å². The van der Waals surface area contributed by atoms with Crippen molar-refractivity contribution in [3.63, 3.8) is 0 Å². The number of hydrogen-bond donors (Lipinski definition) is 1. The summed E-state index contributed by atoms with van der Waals surface area (Å²) >= 11 is 0. The molecule has 1 N–H and O–H groups in total. The molecule has 0 aliphatic carbocycles. The number of hydrogen-bond acceptors (Lipinski definition) is 5. The molecule has 20 heavy (non-hydrogen) atoms. The van der Waals surface area contributed by atoms with Gasteiger partial charge in [0.05, 0.1) is 12.4 Å². The van der Waals surface area contributed by atoms with Crippen LogP contribution in [0, 0.1) is 0 Å². The summed E-state index contributed by atoms with van der Waals surface area (Å²) in [4.78, 5) is 24.7. The van der Waals surface area contributed by atoms with E-state index < -0.39 is 0 Å². The Labute approximate surface area is 121 Å². The molecule has 112 valence electrons. The molecule has 0 unspecified atom stereocenters. The van der Waals surface area contributed by atoms with Crippen LogP contribution in [0.2, 0.25) is 0 Å². The first-order chi connectivity index (χ1) is 9.58. The van der Waals surface area contributed by atoms with Crippen molar-refractivity contribution < 1.29 is 4.79 Å². The normalized spacial score (nSPS) is 10.7. The minimum atomic E-state index is -0.0569. The molecule has 1 aromatic heterocycles. The Balaban J connectivity index is 2.67. The van der Waals surface area contributed by atoms with Crippen LogP contribution in [0.25, 0.3) is 0 Å². The average molecular weight is 279 g/mol. The van der Waals surface area contributed by atoms with E-state index >= 15 is 0 Å². The first-order valence-corrected chi connectivity index (χ1v) is 7.08. The van der Waals surface area contributed by atoms with Gasteiger partial charge >= 0.3 is 0 Å². The molecule has 1 heterocycles. The number of nitrogens with one attached hydrogen (secondary N) is 1. The topological polar surface area (TPSA) is 61.4 Å². The molecule has 0 spiro atoms. The van der Waals surface area contributed by atoms with E-state index in [1.54, 1.807) is 6.20 Å². The Morgan fingerprint density at radius 3 is 2.60 bits per heavy atom. The maximum atomic E-state index is 12.4. The van der Waals surface area contributed by atoms with Crippen molar-refractivity contribution in [1.29, 1.82) is 0 Å². The summed E-state index contributed by atoms with van der Waals surface area (Å²) < 4.78 is 0. The van der Waals surface area contributed by atoms with E-state index in [0.29, 0.717) is 18.1 Å². The molecule has 0 fully saturated rings. The summed E-state index contributed by atoms with van der Waals surface area (Å²) in [7, 11) is 4.06. The van der Waals surface area contributed by atoms with Crippen molar-refractivity contribution >= 4 is 11.7 Å². The quantitative estimate of drug-likeness (QED) is 0.777. The highest BCUT2D eigenvalue weighted by atomic mass is 16.2. The lowest BCUT2D eigenvalue weighted by molar-refractivity contribution is 0.0753. The monoisotopic (exact) mass is 279 g/mol. The van der Waals surface area contributed by atoms with Crippen LogP contribution < -0.4 is 5.32 Å². The van der Waals surface area contributed by atoms with Crippen molar-refractivity contribution in [2.45, 2.75) is 20.3 Å². The average Bonchev–Trinajstić information content (AvgIpc) is 2.43. The van der Waals surface area contributed by atoms with E-state index in [1.165, 1.54) is 6.20 Å². The minimum Gasteiger partial charge on any atom is -0.369 e. The van der Waals surface area contributed by atoms with Crippen molar-refractivity contribution in [3.05, 3.63) is 18.1 Å². The van der Waals surface area contributed by atoms with E-state index in [9.17, 15) is 4.79 Å². The van der Waals surface area contributed by atoms with Gasteiger partial charge in [-0.2, -0.15) is 0 Å². The van der Waals surface area contributed by atoms with Crippen LogP contribution in [0.3, 0.4) is 0 Å². The largest absolute Gasteiger partial charge is 0.369 e. The summed E-state index contributed by atoms with van der Waals surface area (Å²) in [6.45, 7) is 7.10. The second kappa shape index (κ2) is 8.47. The number of carbonyl (C=O) groups is 1. The summed E-state index contributed by atoms with van der Waals surface area (Å²) in [6, 6.07) is 0. The standard InChI is InChI=1S/C14H25N5O/c1-5-16-13-11-15-10-12(17-13)14(20)19(6-2)9-7-8-18(3)4/h10-11H,5-9H2,1-4H3,(H,16,17). The van der Waals surface area contributed by atoms with Crippen molar-refractivity contribution in [3.8, 4) is 0 Å². The van der Waals surface area contributed by atoms with Gasteiger partial charge in [-0.25, -0.2) is 4.98 Å². The first-order valence-electron chi connectivity index (χ1n) is 7.08. The van der Waals surface area contributed by atoms with Gasteiger partial charge < -0.3 is 15.1 Å². The maximum Gasteiger partial charge on any atom is 0.274 e. The van der Waals surface area contributed by atoms with Crippen LogP contribution in [-0.4, -0.2) is 65.9 Å². The Kier molecular flexibility index (Phi) is 6.93. The van der Waals surface area contributed by atoms with Crippen LogP contribution in [0.5, 0.6) is 0 Å². The summed E-state index contributed by atoms with van der Waals surface area (Å²) in [5, 5.41) is 3.07. The lowest BCUT2D eigenvalue weighted by Gasteiger charge is -2.21. The maximum absolute atomic E-state index is 12.4. The lowest BCUT2D eigenvalue weighted by atomic mass is 10.3. The second-order valence-corrected chi connectivity index (χ2v) is 4.86. The van der Waals surface area contributed by atoms with Crippen LogP contribution in [0.1, 0.15) is 30.8 Å². The molecular weight excluding hydrogens is 254 g/mol. The molecule has 0 saturated carbocycles. The van der Waals surface area contributed by atoms with Gasteiger partial charge in [0.2, 0.25) is 0 Å². The fourth-order valence-electron chi connectivity index (χ4n) is 1.88. The smallest absolute Gasteiger partial charge is 0.274 e. The van der Waals surface area contributed by atoms with Crippen LogP contribution in [0.4, 0.5) is 5.82 Å². The molecule has 0 atom stereocenters. The van der Waals surface area contributed by atoms with Gasteiger partial charge in [-0.05, 0) is 40.9 Å². The molecule has 0 aliphatic heterocycles. The summed E-state index contributed by atoms with van der Waals surface area (Å²) in [5.74, 6) is 0.584. The Bertz CT molecular complexity index is 422. The lowest BCUT2D eigenvalue weighted by Crippen LogP contribution is -2.34. The van der Waals surface area contributed by atoms with E-state index in [4.69, 9.17) is 0 Å². The Hall–Kier alpha value is -1.69. The minimum absolute atomic E-state index is 0.0569. The third-order valence-electron chi connectivity index (χ3n) is 2.91. The Morgan fingerprint density at radius 2 is 2.00 bits per heavy atom. The van der Waals surface area contributed by atoms with Gasteiger partial charge in [0, 0.05) is 19.6 Å². The summed E-state index contributed by atoms with van der Waals surface area (Å²) in [5.41, 5.74) is 0.398. The third kappa shape index (κ3) is 5.13. The molecule has 1 rings (SSSR count). The fraction of sp³-hybridized carbons (Fsp3) is 0.643. The number of anilines is 1. The highest BCUT2D eigenvalue weighted by Gasteiger charge is 2.16. The molecular formula is C14H25N5O. The predicted octanol–water partition coefficient (Wildman–Crippen LogP) is 1.32. The molecule has 1 aromatic rings. The predicted molar refractivity (Wildman–Crippen MR) is 80.9 cm³/mol. The molecule has 0 saturated heterocycles. The number of nitrogens with zero attached hydrogens (tertiary/aromatic N) is 4. The second-order valence-electron chi connectivity index (χ2n) is 4.86. The van der Waals surface area contributed by atoms with Crippen molar-refractivity contribution in [2.24, 2.45) is 0 Å². The van der Waals surface area contributed by atoms with Gasteiger partial charge in [0.1, 0.15) is 11.5 Å². The van der Waals surface area contributed by atoms with E-state index in [-0.39, 0.29) is 5.91 Å². The van der Waals surface area contributed by atoms with Crippen molar-refractivity contribution in [2.75, 3.05) is 45.6 Å². The molecule has 6 heteroatoms. The zero-order valence-electron chi connectivity index (χ0n) is 12.9. The SMILES string of the molecule is CCNc1cncc(C(=O)N(CC)CCCN(C)C)n1. The van der Waals surface area contributed by atoms with E-state index in [1.807, 2.05) is 32.8 Å². The molecule has 1 amide bonds. The van der Waals surface area contributed by atoms with Crippen molar-refractivity contribution in [1.82, 2.24) is 19.8 Å². The number of amides is 1. The van der Waals surface area contributed by atoms with Crippen LogP contribution in [-0.2, 0) is 0 Å². The number of rotatable bonds is 8. The van der Waals surface area contributed by atoms with Crippen LogP contribution in [0.15, 0.2) is 12.4 Å². The zero-order chi connectivity index (χ0) is 15.0.